The lowest BCUT2D eigenvalue weighted by Gasteiger charge is -2.26. The monoisotopic (exact) mass is 389 g/mol. The molecule has 0 aliphatic heterocycles. The normalized spacial score (nSPS) is 11.8. The Hall–Kier alpha value is -2.57. The van der Waals surface area contributed by atoms with Crippen molar-refractivity contribution in [2.45, 2.75) is 26.4 Å². The molecule has 0 radical (unpaired) electrons. The third-order valence-corrected chi connectivity index (χ3v) is 4.08. The number of amides is 1. The minimum atomic E-state index is -0.842. The molecular weight excluding hydrogens is 366 g/mol. The van der Waals surface area contributed by atoms with Gasteiger partial charge in [-0.25, -0.2) is 4.79 Å². The maximum Gasteiger partial charge on any atom is 0.412 e. The van der Waals surface area contributed by atoms with Gasteiger partial charge in [-0.2, -0.15) is 0 Å². The van der Waals surface area contributed by atoms with E-state index < -0.39 is 11.7 Å². The van der Waals surface area contributed by atoms with Gasteiger partial charge >= 0.3 is 6.09 Å². The highest BCUT2D eigenvalue weighted by Gasteiger charge is 2.26. The second kappa shape index (κ2) is 9.39. The Morgan fingerprint density at radius 3 is 2.59 bits per heavy atom. The number of oxime groups is 1. The molecule has 0 fully saturated rings. The summed E-state index contributed by atoms with van der Waals surface area (Å²) < 4.78 is 5.62. The number of hydrogen-bond acceptors (Lipinski definition) is 5. The molecule has 1 amide bonds. The van der Waals surface area contributed by atoms with Gasteiger partial charge in [0.05, 0.1) is 5.71 Å². The third-order valence-electron chi connectivity index (χ3n) is 3.82. The van der Waals surface area contributed by atoms with Gasteiger partial charge in [-0.1, -0.05) is 35.0 Å². The van der Waals surface area contributed by atoms with Crippen LogP contribution in [0.3, 0.4) is 0 Å². The minimum Gasteiger partial charge on any atom is -0.438 e. The van der Waals surface area contributed by atoms with Crippen molar-refractivity contribution in [2.75, 3.05) is 18.5 Å². The number of carbonyl (C=O) groups excluding carboxylic acids is 1. The van der Waals surface area contributed by atoms with E-state index in [-0.39, 0.29) is 0 Å². The van der Waals surface area contributed by atoms with Crippen LogP contribution >= 0.6 is 11.6 Å². The van der Waals surface area contributed by atoms with Crippen LogP contribution in [0.5, 0.6) is 0 Å². The zero-order chi connectivity index (χ0) is 19.9. The number of halogens is 1. The number of benzene rings is 2. The fourth-order valence-electron chi connectivity index (χ4n) is 2.33. The molecule has 0 spiro atoms. The molecule has 0 atom stereocenters. The second-order valence-electron chi connectivity index (χ2n) is 6.41. The maximum atomic E-state index is 12.3. The Morgan fingerprint density at radius 2 is 1.93 bits per heavy atom. The van der Waals surface area contributed by atoms with Gasteiger partial charge < -0.3 is 15.3 Å². The molecule has 0 aliphatic rings. The van der Waals surface area contributed by atoms with Crippen LogP contribution in [0, 0.1) is 0 Å². The number of carbonyl (C=O) groups is 1. The van der Waals surface area contributed by atoms with E-state index in [1.165, 1.54) is 0 Å². The standard InChI is InChI=1S/C20H24ClN3O3/c1-14(24-26-12-11-22)15-5-4-6-16(13-15)20(2,3)27-19(25)23-18-9-7-17(21)8-10-18/h4-10,13H,11-12,22H2,1-3H3,(H,23,25)/b24-14+. The van der Waals surface area contributed by atoms with Gasteiger partial charge in [0.2, 0.25) is 0 Å². The molecule has 0 unspecified atom stereocenters. The lowest BCUT2D eigenvalue weighted by molar-refractivity contribution is 0.0466. The average molecular weight is 390 g/mol. The molecule has 0 heterocycles. The van der Waals surface area contributed by atoms with Crippen LogP contribution in [-0.4, -0.2) is 25.0 Å². The van der Waals surface area contributed by atoms with E-state index in [1.807, 2.05) is 45.0 Å². The first-order valence-corrected chi connectivity index (χ1v) is 8.93. The van der Waals surface area contributed by atoms with Crippen LogP contribution in [0.1, 0.15) is 31.9 Å². The van der Waals surface area contributed by atoms with Crippen molar-refractivity contribution in [1.29, 1.82) is 0 Å². The first-order chi connectivity index (χ1) is 12.8. The van der Waals surface area contributed by atoms with Crippen molar-refractivity contribution in [1.82, 2.24) is 0 Å². The molecule has 27 heavy (non-hydrogen) atoms. The summed E-state index contributed by atoms with van der Waals surface area (Å²) in [4.78, 5) is 17.4. The average Bonchev–Trinajstić information content (AvgIpc) is 2.63. The van der Waals surface area contributed by atoms with E-state index in [0.29, 0.717) is 29.6 Å². The number of rotatable bonds is 7. The summed E-state index contributed by atoms with van der Waals surface area (Å²) in [5.41, 5.74) is 7.57. The van der Waals surface area contributed by atoms with E-state index in [4.69, 9.17) is 26.9 Å². The largest absolute Gasteiger partial charge is 0.438 e. The van der Waals surface area contributed by atoms with Gasteiger partial charge in [0.1, 0.15) is 12.2 Å². The molecule has 0 bridgehead atoms. The summed E-state index contributed by atoms with van der Waals surface area (Å²) >= 11 is 5.85. The highest BCUT2D eigenvalue weighted by molar-refractivity contribution is 6.30. The van der Waals surface area contributed by atoms with Gasteiger partial charge in [-0.15, -0.1) is 0 Å². The van der Waals surface area contributed by atoms with Gasteiger partial charge in [0, 0.05) is 17.3 Å². The summed E-state index contributed by atoms with van der Waals surface area (Å²) in [6.07, 6.45) is -0.551. The summed E-state index contributed by atoms with van der Waals surface area (Å²) in [7, 11) is 0. The van der Waals surface area contributed by atoms with E-state index >= 15 is 0 Å². The number of anilines is 1. The van der Waals surface area contributed by atoms with Gasteiger partial charge in [-0.05, 0) is 62.2 Å². The number of nitrogens with two attached hydrogens (primary N) is 1. The van der Waals surface area contributed by atoms with Crippen molar-refractivity contribution < 1.29 is 14.4 Å². The van der Waals surface area contributed by atoms with Gasteiger partial charge in [0.25, 0.3) is 0 Å². The molecule has 7 heteroatoms. The van der Waals surface area contributed by atoms with Gasteiger partial charge in [0.15, 0.2) is 0 Å². The van der Waals surface area contributed by atoms with E-state index in [0.717, 1.165) is 11.1 Å². The summed E-state index contributed by atoms with van der Waals surface area (Å²) in [6, 6.07) is 14.4. The summed E-state index contributed by atoms with van der Waals surface area (Å²) in [5.74, 6) is 0. The number of hydrogen-bond donors (Lipinski definition) is 2. The molecule has 2 aromatic carbocycles. The molecule has 0 aliphatic carbocycles. The SMILES string of the molecule is C/C(=N\OCCN)c1cccc(C(C)(C)OC(=O)Nc2ccc(Cl)cc2)c1. The topological polar surface area (TPSA) is 85.9 Å². The smallest absolute Gasteiger partial charge is 0.412 e. The molecule has 0 saturated carbocycles. The highest BCUT2D eigenvalue weighted by atomic mass is 35.5. The van der Waals surface area contributed by atoms with Crippen LogP contribution in [0.25, 0.3) is 0 Å². The summed E-state index contributed by atoms with van der Waals surface area (Å²) in [5, 5.41) is 7.32. The van der Waals surface area contributed by atoms with Crippen molar-refractivity contribution in [3.8, 4) is 0 Å². The third kappa shape index (κ3) is 6.27. The summed E-state index contributed by atoms with van der Waals surface area (Å²) in [6.45, 7) is 6.25. The number of ether oxygens (including phenoxy) is 1. The van der Waals surface area contributed by atoms with Crippen LogP contribution in [-0.2, 0) is 15.2 Å². The Labute approximate surface area is 164 Å². The first-order valence-electron chi connectivity index (χ1n) is 8.55. The number of nitrogens with zero attached hydrogens (tertiary/aromatic N) is 1. The van der Waals surface area contributed by atoms with Crippen LogP contribution in [0.2, 0.25) is 5.02 Å². The zero-order valence-electron chi connectivity index (χ0n) is 15.7. The van der Waals surface area contributed by atoms with Crippen molar-refractivity contribution in [2.24, 2.45) is 10.9 Å². The molecule has 6 nitrogen and oxygen atoms in total. The second-order valence-corrected chi connectivity index (χ2v) is 6.85. The molecule has 0 saturated heterocycles. The number of nitrogens with one attached hydrogen (secondary N) is 1. The highest BCUT2D eigenvalue weighted by Crippen LogP contribution is 2.26. The fourth-order valence-corrected chi connectivity index (χ4v) is 2.46. The predicted octanol–water partition coefficient (Wildman–Crippen LogP) is 4.52. The zero-order valence-corrected chi connectivity index (χ0v) is 16.4. The maximum absolute atomic E-state index is 12.3. The van der Waals surface area contributed by atoms with Gasteiger partial charge in [-0.3, -0.25) is 5.32 Å². The molecular formula is C20H24ClN3O3. The molecule has 0 aromatic heterocycles. The van der Waals surface area contributed by atoms with Crippen LogP contribution in [0.4, 0.5) is 10.5 Å². The predicted molar refractivity (Wildman–Crippen MR) is 108 cm³/mol. The molecule has 3 N–H and O–H groups in total. The molecule has 144 valence electrons. The van der Waals surface area contributed by atoms with Crippen LogP contribution in [0.15, 0.2) is 53.7 Å². The quantitative estimate of drug-likeness (QED) is 0.414. The van der Waals surface area contributed by atoms with Crippen molar-refractivity contribution in [3.05, 3.63) is 64.7 Å². The fraction of sp³-hybridized carbons (Fsp3) is 0.300. The van der Waals surface area contributed by atoms with Crippen LogP contribution < -0.4 is 11.1 Å². The molecule has 2 rings (SSSR count). The first kappa shape index (κ1) is 20.7. The van der Waals surface area contributed by atoms with E-state index in [9.17, 15) is 4.79 Å². The van der Waals surface area contributed by atoms with Crippen molar-refractivity contribution in [3.63, 3.8) is 0 Å². The van der Waals surface area contributed by atoms with E-state index in [2.05, 4.69) is 10.5 Å². The Kier molecular flexibility index (Phi) is 7.21. The molecule has 2 aromatic rings. The lowest BCUT2D eigenvalue weighted by atomic mass is 9.95. The Balaban J connectivity index is 2.08. The van der Waals surface area contributed by atoms with Crippen molar-refractivity contribution >= 4 is 29.1 Å². The Bertz CT molecular complexity index is 804. The van der Waals surface area contributed by atoms with E-state index in [1.54, 1.807) is 24.3 Å². The minimum absolute atomic E-state index is 0.358. The Morgan fingerprint density at radius 1 is 1.22 bits per heavy atom. The lowest BCUT2D eigenvalue weighted by Crippen LogP contribution is -2.28.